The van der Waals surface area contributed by atoms with Crippen molar-refractivity contribution in [2.75, 3.05) is 12.8 Å². The standard InChI is InChI=1S/C15H22N2O3S/c1-21(19,20)13-7-4-6-11(9-13)15(18)17-14-8-3-2-5-12(14)10-16/h4,6-7,9,12,14H,2-3,5,8,10,16H2,1H3,(H,17,18). The van der Waals surface area contributed by atoms with Crippen molar-refractivity contribution in [2.45, 2.75) is 36.6 Å². The van der Waals surface area contributed by atoms with Crippen LogP contribution < -0.4 is 11.1 Å². The highest BCUT2D eigenvalue weighted by molar-refractivity contribution is 7.90. The summed E-state index contributed by atoms with van der Waals surface area (Å²) in [5, 5.41) is 3.00. The summed E-state index contributed by atoms with van der Waals surface area (Å²) in [6.07, 6.45) is 5.34. The van der Waals surface area contributed by atoms with Gasteiger partial charge in [-0.05, 0) is 43.5 Å². The minimum atomic E-state index is -3.31. The Kier molecular flexibility index (Phi) is 5.00. The van der Waals surface area contributed by atoms with Gasteiger partial charge in [-0.25, -0.2) is 8.42 Å². The molecule has 1 aromatic carbocycles. The van der Waals surface area contributed by atoms with E-state index in [0.29, 0.717) is 18.0 Å². The summed E-state index contributed by atoms with van der Waals surface area (Å²) in [7, 11) is -3.31. The van der Waals surface area contributed by atoms with Crippen LogP contribution in [0.25, 0.3) is 0 Å². The topological polar surface area (TPSA) is 89.3 Å². The molecular weight excluding hydrogens is 288 g/mol. The molecule has 1 amide bonds. The first-order chi connectivity index (χ1) is 9.91. The summed E-state index contributed by atoms with van der Waals surface area (Å²) >= 11 is 0. The van der Waals surface area contributed by atoms with E-state index in [1.807, 2.05) is 0 Å². The van der Waals surface area contributed by atoms with Gasteiger partial charge in [0.15, 0.2) is 9.84 Å². The van der Waals surface area contributed by atoms with E-state index in [4.69, 9.17) is 5.73 Å². The number of hydrogen-bond acceptors (Lipinski definition) is 4. The third-order valence-electron chi connectivity index (χ3n) is 4.05. The molecule has 1 aliphatic rings. The van der Waals surface area contributed by atoms with Gasteiger partial charge in [0.1, 0.15) is 0 Å². The van der Waals surface area contributed by atoms with Gasteiger partial charge in [-0.15, -0.1) is 0 Å². The van der Waals surface area contributed by atoms with Gasteiger partial charge in [0.25, 0.3) is 5.91 Å². The van der Waals surface area contributed by atoms with Gasteiger partial charge >= 0.3 is 0 Å². The van der Waals surface area contributed by atoms with Crippen molar-refractivity contribution in [3.63, 3.8) is 0 Å². The molecule has 1 saturated carbocycles. The van der Waals surface area contributed by atoms with Gasteiger partial charge < -0.3 is 11.1 Å². The monoisotopic (exact) mass is 310 g/mol. The molecule has 0 aromatic heterocycles. The maximum Gasteiger partial charge on any atom is 0.251 e. The summed E-state index contributed by atoms with van der Waals surface area (Å²) < 4.78 is 23.1. The second kappa shape index (κ2) is 6.58. The normalized spacial score (nSPS) is 22.8. The Balaban J connectivity index is 2.13. The van der Waals surface area contributed by atoms with E-state index in [1.54, 1.807) is 12.1 Å². The molecule has 0 saturated heterocycles. The molecule has 2 atom stereocenters. The molecule has 6 heteroatoms. The van der Waals surface area contributed by atoms with Crippen LogP contribution in [0.1, 0.15) is 36.0 Å². The highest BCUT2D eigenvalue weighted by atomic mass is 32.2. The molecule has 0 aliphatic heterocycles. The van der Waals surface area contributed by atoms with Gasteiger partial charge in [0.2, 0.25) is 0 Å². The molecular formula is C15H22N2O3S. The Labute approximate surface area is 125 Å². The Morgan fingerprint density at radius 2 is 2.05 bits per heavy atom. The van der Waals surface area contributed by atoms with Gasteiger partial charge in [0, 0.05) is 17.9 Å². The Hall–Kier alpha value is -1.40. The zero-order valence-electron chi connectivity index (χ0n) is 12.2. The molecule has 3 N–H and O–H groups in total. The van der Waals surface area contributed by atoms with E-state index in [-0.39, 0.29) is 16.8 Å². The highest BCUT2D eigenvalue weighted by Crippen LogP contribution is 2.24. The van der Waals surface area contributed by atoms with E-state index in [9.17, 15) is 13.2 Å². The molecule has 1 aromatic rings. The van der Waals surface area contributed by atoms with Crippen LogP contribution in [0.4, 0.5) is 0 Å². The summed E-state index contributed by atoms with van der Waals surface area (Å²) in [6.45, 7) is 0.564. The van der Waals surface area contributed by atoms with Crippen LogP contribution in [0.5, 0.6) is 0 Å². The zero-order valence-corrected chi connectivity index (χ0v) is 13.0. The first kappa shape index (κ1) is 16.0. The number of carbonyl (C=O) groups is 1. The molecule has 0 radical (unpaired) electrons. The molecule has 0 heterocycles. The van der Waals surface area contributed by atoms with Crippen molar-refractivity contribution < 1.29 is 13.2 Å². The first-order valence-corrected chi connectivity index (χ1v) is 9.12. The molecule has 0 bridgehead atoms. The number of nitrogens with one attached hydrogen (secondary N) is 1. The second-order valence-corrected chi connectivity index (χ2v) is 7.68. The smallest absolute Gasteiger partial charge is 0.251 e. The Bertz CT molecular complexity index is 613. The molecule has 0 spiro atoms. The second-order valence-electron chi connectivity index (χ2n) is 5.66. The number of benzene rings is 1. The van der Waals surface area contributed by atoms with Crippen molar-refractivity contribution in [1.29, 1.82) is 0 Å². The van der Waals surface area contributed by atoms with Gasteiger partial charge in [0.05, 0.1) is 4.90 Å². The summed E-state index contributed by atoms with van der Waals surface area (Å²) in [6, 6.07) is 6.22. The minimum absolute atomic E-state index is 0.0816. The maximum absolute atomic E-state index is 12.3. The van der Waals surface area contributed by atoms with Crippen molar-refractivity contribution in [2.24, 2.45) is 11.7 Å². The average molecular weight is 310 g/mol. The third-order valence-corrected chi connectivity index (χ3v) is 5.16. The number of hydrogen-bond donors (Lipinski definition) is 2. The van der Waals surface area contributed by atoms with Crippen LogP contribution >= 0.6 is 0 Å². The third kappa shape index (κ3) is 4.04. The zero-order chi connectivity index (χ0) is 15.5. The van der Waals surface area contributed by atoms with E-state index in [2.05, 4.69) is 5.32 Å². The molecule has 2 unspecified atom stereocenters. The molecule has 2 rings (SSSR count). The van der Waals surface area contributed by atoms with Crippen LogP contribution in [0, 0.1) is 5.92 Å². The Morgan fingerprint density at radius 3 is 2.71 bits per heavy atom. The predicted octanol–water partition coefficient (Wildman–Crippen LogP) is 1.34. The lowest BCUT2D eigenvalue weighted by molar-refractivity contribution is 0.0908. The number of amides is 1. The van der Waals surface area contributed by atoms with Crippen LogP contribution in [-0.2, 0) is 9.84 Å². The number of carbonyl (C=O) groups excluding carboxylic acids is 1. The van der Waals surface area contributed by atoms with Crippen LogP contribution in [0.3, 0.4) is 0 Å². The first-order valence-electron chi connectivity index (χ1n) is 7.23. The number of sulfone groups is 1. The Morgan fingerprint density at radius 1 is 1.33 bits per heavy atom. The summed E-state index contributed by atoms with van der Waals surface area (Å²) in [4.78, 5) is 12.5. The number of rotatable bonds is 4. The molecule has 5 nitrogen and oxygen atoms in total. The molecule has 1 aliphatic carbocycles. The van der Waals surface area contributed by atoms with Crippen LogP contribution in [0.2, 0.25) is 0 Å². The molecule has 21 heavy (non-hydrogen) atoms. The van der Waals surface area contributed by atoms with Crippen molar-refractivity contribution >= 4 is 15.7 Å². The lowest BCUT2D eigenvalue weighted by Gasteiger charge is -2.31. The van der Waals surface area contributed by atoms with Crippen molar-refractivity contribution in [3.05, 3.63) is 29.8 Å². The van der Waals surface area contributed by atoms with Gasteiger partial charge in [-0.3, -0.25) is 4.79 Å². The summed E-state index contributed by atoms with van der Waals surface area (Å²) in [5.74, 6) is 0.0756. The lowest BCUT2D eigenvalue weighted by atomic mass is 9.84. The maximum atomic E-state index is 12.3. The van der Waals surface area contributed by atoms with E-state index >= 15 is 0 Å². The fourth-order valence-electron chi connectivity index (χ4n) is 2.80. The predicted molar refractivity (Wildman–Crippen MR) is 81.8 cm³/mol. The fraction of sp³-hybridized carbons (Fsp3) is 0.533. The average Bonchev–Trinajstić information content (AvgIpc) is 2.47. The molecule has 116 valence electrons. The molecule has 1 fully saturated rings. The SMILES string of the molecule is CS(=O)(=O)c1cccc(C(=O)NC2CCCCC2CN)c1. The van der Waals surface area contributed by atoms with E-state index in [1.165, 1.54) is 12.1 Å². The lowest BCUT2D eigenvalue weighted by Crippen LogP contribution is -2.44. The van der Waals surface area contributed by atoms with E-state index in [0.717, 1.165) is 31.9 Å². The van der Waals surface area contributed by atoms with E-state index < -0.39 is 9.84 Å². The van der Waals surface area contributed by atoms with Crippen molar-refractivity contribution in [3.8, 4) is 0 Å². The number of nitrogens with two attached hydrogens (primary N) is 1. The highest BCUT2D eigenvalue weighted by Gasteiger charge is 2.25. The van der Waals surface area contributed by atoms with Crippen molar-refractivity contribution in [1.82, 2.24) is 5.32 Å². The van der Waals surface area contributed by atoms with Gasteiger partial charge in [-0.1, -0.05) is 18.9 Å². The fourth-order valence-corrected chi connectivity index (χ4v) is 3.47. The van der Waals surface area contributed by atoms with Gasteiger partial charge in [-0.2, -0.15) is 0 Å². The van der Waals surface area contributed by atoms with Crippen LogP contribution in [0.15, 0.2) is 29.2 Å². The minimum Gasteiger partial charge on any atom is -0.349 e. The van der Waals surface area contributed by atoms with Crippen LogP contribution in [-0.4, -0.2) is 33.2 Å². The quantitative estimate of drug-likeness (QED) is 0.878. The summed E-state index contributed by atoms with van der Waals surface area (Å²) in [5.41, 5.74) is 6.13. The largest absolute Gasteiger partial charge is 0.349 e.